The lowest BCUT2D eigenvalue weighted by molar-refractivity contribution is -0.149. The second kappa shape index (κ2) is 4.60. The minimum atomic E-state index is -0.433. The molecule has 0 amide bonds. The first kappa shape index (κ1) is 11.5. The summed E-state index contributed by atoms with van der Waals surface area (Å²) < 4.78 is 9.86. The number of benzene rings is 1. The molecular weight excluding hydrogens is 250 g/mol. The van der Waals surface area contributed by atoms with Crippen molar-refractivity contribution in [2.24, 2.45) is 0 Å². The van der Waals surface area contributed by atoms with Gasteiger partial charge < -0.3 is 14.6 Å². The van der Waals surface area contributed by atoms with Gasteiger partial charge in [0.2, 0.25) is 6.61 Å². The van der Waals surface area contributed by atoms with E-state index in [1.54, 1.807) is 13.1 Å². The van der Waals surface area contributed by atoms with E-state index in [0.717, 1.165) is 21.6 Å². The summed E-state index contributed by atoms with van der Waals surface area (Å²) in [6.07, 6.45) is 1.80. The minimum absolute atomic E-state index is 0.188. The van der Waals surface area contributed by atoms with Crippen LogP contribution in [0, 0.1) is 0 Å². The molecule has 2 aromatic heterocycles. The van der Waals surface area contributed by atoms with Gasteiger partial charge in [-0.2, -0.15) is 0 Å². The van der Waals surface area contributed by atoms with Gasteiger partial charge in [-0.25, -0.2) is 9.42 Å². The van der Waals surface area contributed by atoms with Crippen LogP contribution in [-0.2, 0) is 9.53 Å². The van der Waals surface area contributed by atoms with Crippen LogP contribution in [0.4, 0.5) is 0 Å². The van der Waals surface area contributed by atoms with Gasteiger partial charge in [-0.1, -0.05) is 18.2 Å². The molecule has 0 radical (unpaired) electrons. The molecule has 3 aromatic rings. The number of para-hydroxylation sites is 1. The van der Waals surface area contributed by atoms with Crippen molar-refractivity contribution in [2.75, 3.05) is 13.2 Å². The van der Waals surface area contributed by atoms with E-state index >= 15 is 0 Å². The van der Waals surface area contributed by atoms with Crippen LogP contribution in [0.15, 0.2) is 35.1 Å². The number of H-pyrrole nitrogens is 1. The number of aromatic nitrogens is 3. The van der Waals surface area contributed by atoms with Crippen molar-refractivity contribution in [1.82, 2.24) is 14.9 Å². The van der Waals surface area contributed by atoms with Crippen molar-refractivity contribution in [3.8, 4) is 5.69 Å². The quantitative estimate of drug-likeness (QED) is 0.705. The average molecular weight is 263 g/mol. The summed E-state index contributed by atoms with van der Waals surface area (Å²) in [5, 5.41) is 2.14. The number of aromatic amines is 1. The highest BCUT2D eigenvalue weighted by atomic mass is 17.0. The number of hydrogen-bond donors (Lipinski definition) is 1. The maximum absolute atomic E-state index is 11.1. The number of fused-ring (bicyclic) bond motifs is 1. The van der Waals surface area contributed by atoms with E-state index in [9.17, 15) is 4.79 Å². The molecule has 0 fully saturated rings. The Morgan fingerprint density at radius 1 is 1.42 bits per heavy atom. The molecule has 1 N–H and O–H groups in total. The lowest BCUT2D eigenvalue weighted by Gasteiger charge is -1.98. The van der Waals surface area contributed by atoms with Gasteiger partial charge in [-0.05, 0) is 17.8 Å². The van der Waals surface area contributed by atoms with Crippen LogP contribution in [0.25, 0.3) is 16.6 Å². The zero-order chi connectivity index (χ0) is 13.2. The van der Waals surface area contributed by atoms with Gasteiger partial charge in [0.05, 0.1) is 6.61 Å². The molecule has 0 aliphatic heterocycles. The Hall–Kier alpha value is -2.57. The molecule has 3 rings (SSSR count). The number of nitrogens with one attached hydrogen (secondary N) is 1. The van der Waals surface area contributed by atoms with Crippen molar-refractivity contribution < 1.29 is 19.0 Å². The smallest absolute Gasteiger partial charge is 0.347 e. The molecule has 0 aliphatic carbocycles. The van der Waals surface area contributed by atoms with E-state index < -0.39 is 5.97 Å². The van der Waals surface area contributed by atoms with Crippen LogP contribution in [0.5, 0.6) is 0 Å². The predicted octanol–water partition coefficient (Wildman–Crippen LogP) is 1.34. The third-order valence-corrected chi connectivity index (χ3v) is 2.64. The highest BCUT2D eigenvalue weighted by Gasteiger charge is 2.19. The van der Waals surface area contributed by atoms with E-state index in [-0.39, 0.29) is 6.61 Å². The predicted molar refractivity (Wildman–Crippen MR) is 66.0 cm³/mol. The third kappa shape index (κ3) is 2.22. The molecule has 0 bridgehead atoms. The molecule has 19 heavy (non-hydrogen) atoms. The number of esters is 1. The van der Waals surface area contributed by atoms with E-state index in [1.165, 1.54) is 4.85 Å². The fourth-order valence-corrected chi connectivity index (χ4v) is 1.78. The van der Waals surface area contributed by atoms with Gasteiger partial charge in [0.15, 0.2) is 0 Å². The van der Waals surface area contributed by atoms with E-state index in [1.807, 2.05) is 24.3 Å². The maximum Gasteiger partial charge on any atom is 0.347 e. The van der Waals surface area contributed by atoms with Crippen LogP contribution in [0.2, 0.25) is 0 Å². The molecule has 7 nitrogen and oxygen atoms in total. The molecule has 0 saturated heterocycles. The lowest BCUT2D eigenvalue weighted by Crippen LogP contribution is -2.19. The summed E-state index contributed by atoms with van der Waals surface area (Å²) in [6.45, 7) is 1.88. The summed E-state index contributed by atoms with van der Waals surface area (Å²) in [5.41, 5.74) is 1.82. The SMILES string of the molecule is CCOC(=O)COn1on1-c1c[nH]c2ccccc12. The van der Waals surface area contributed by atoms with Gasteiger partial charge >= 0.3 is 5.97 Å². The summed E-state index contributed by atoms with van der Waals surface area (Å²) in [5.74, 6) is -0.433. The summed E-state index contributed by atoms with van der Waals surface area (Å²) >= 11 is 0. The number of carbonyl (C=O) groups excluding carboxylic acids is 1. The number of hydrogen-bond acceptors (Lipinski definition) is 4. The van der Waals surface area contributed by atoms with Crippen molar-refractivity contribution in [1.29, 1.82) is 0 Å². The Labute approximate surface area is 108 Å². The summed E-state index contributed by atoms with van der Waals surface area (Å²) in [6, 6.07) is 7.81. The van der Waals surface area contributed by atoms with Crippen LogP contribution in [0.1, 0.15) is 6.92 Å². The molecule has 7 heteroatoms. The maximum atomic E-state index is 11.1. The fraction of sp³-hybridized carbons (Fsp3) is 0.250. The molecule has 1 aromatic carbocycles. The molecule has 0 spiro atoms. The van der Waals surface area contributed by atoms with Crippen molar-refractivity contribution >= 4 is 16.9 Å². The number of carbonyl (C=O) groups is 1. The minimum Gasteiger partial charge on any atom is -0.463 e. The Morgan fingerprint density at radius 3 is 3.11 bits per heavy atom. The molecule has 100 valence electrons. The Bertz CT molecular complexity index is 687. The standard InChI is InChI=1S/C12H13N3O4/c1-2-17-12(16)8-18-15-14(19-15)11-7-13-10-6-4-3-5-9(10)11/h3-7,13H,2,8H2,1H3. The number of nitrogens with zero attached hydrogens (tertiary/aromatic N) is 2. The van der Waals surface area contributed by atoms with E-state index in [4.69, 9.17) is 14.2 Å². The zero-order valence-electron chi connectivity index (χ0n) is 10.3. The molecule has 0 aliphatic rings. The largest absolute Gasteiger partial charge is 0.463 e. The third-order valence-electron chi connectivity index (χ3n) is 2.64. The van der Waals surface area contributed by atoms with E-state index in [0.29, 0.717) is 6.61 Å². The fourth-order valence-electron chi connectivity index (χ4n) is 1.78. The van der Waals surface area contributed by atoms with Crippen molar-refractivity contribution in [2.45, 2.75) is 6.92 Å². The first-order valence-electron chi connectivity index (χ1n) is 5.92. The lowest BCUT2D eigenvalue weighted by atomic mass is 10.2. The Kier molecular flexibility index (Phi) is 2.79. The van der Waals surface area contributed by atoms with Gasteiger partial charge in [0.1, 0.15) is 10.7 Å². The monoisotopic (exact) mass is 263 g/mol. The number of rotatable bonds is 5. The highest BCUT2D eigenvalue weighted by Crippen LogP contribution is 2.22. The van der Waals surface area contributed by atoms with Crippen LogP contribution < -0.4 is 4.84 Å². The zero-order valence-corrected chi connectivity index (χ0v) is 10.3. The molecular formula is C12H13N3O4. The molecule has 0 saturated carbocycles. The van der Waals surface area contributed by atoms with Crippen LogP contribution >= 0.6 is 0 Å². The van der Waals surface area contributed by atoms with Gasteiger partial charge in [-0.15, -0.1) is 0 Å². The molecule has 0 unspecified atom stereocenters. The Balaban J connectivity index is 1.71. The normalized spacial score (nSPS) is 11.0. The van der Waals surface area contributed by atoms with Gasteiger partial charge in [0, 0.05) is 17.1 Å². The average Bonchev–Trinajstić information content (AvgIpc) is 3.06. The van der Waals surface area contributed by atoms with Crippen molar-refractivity contribution in [3.63, 3.8) is 0 Å². The first-order chi connectivity index (χ1) is 9.29. The van der Waals surface area contributed by atoms with Crippen LogP contribution in [0.3, 0.4) is 0 Å². The highest BCUT2D eigenvalue weighted by molar-refractivity contribution is 5.87. The van der Waals surface area contributed by atoms with Gasteiger partial charge in [-0.3, -0.25) is 0 Å². The van der Waals surface area contributed by atoms with Gasteiger partial charge in [0.25, 0.3) is 0 Å². The van der Waals surface area contributed by atoms with E-state index in [2.05, 4.69) is 4.98 Å². The first-order valence-corrected chi connectivity index (χ1v) is 5.92. The second-order valence-electron chi connectivity index (χ2n) is 3.89. The second-order valence-corrected chi connectivity index (χ2v) is 3.89. The van der Waals surface area contributed by atoms with Crippen LogP contribution in [-0.4, -0.2) is 34.0 Å². The molecule has 0 atom stereocenters. The Morgan fingerprint density at radius 2 is 2.26 bits per heavy atom. The summed E-state index contributed by atoms with van der Waals surface area (Å²) in [7, 11) is 0. The topological polar surface area (TPSA) is 74.3 Å². The van der Waals surface area contributed by atoms with Crippen molar-refractivity contribution in [3.05, 3.63) is 30.5 Å². The summed E-state index contributed by atoms with van der Waals surface area (Å²) in [4.78, 5) is 20.8. The molecule has 2 heterocycles. The number of ether oxygens (including phenoxy) is 1.